The highest BCUT2D eigenvalue weighted by atomic mass is 35.5. The van der Waals surface area contributed by atoms with Crippen LogP contribution in [0.5, 0.6) is 0 Å². The van der Waals surface area contributed by atoms with E-state index in [4.69, 9.17) is 0 Å². The Balaban J connectivity index is 0.00000243. The fourth-order valence-electron chi connectivity index (χ4n) is 4.30. The van der Waals surface area contributed by atoms with Crippen molar-refractivity contribution in [1.82, 2.24) is 15.2 Å². The summed E-state index contributed by atoms with van der Waals surface area (Å²) in [5.41, 5.74) is 1.01. The van der Waals surface area contributed by atoms with Crippen molar-refractivity contribution in [3.8, 4) is 0 Å². The Morgan fingerprint density at radius 2 is 1.77 bits per heavy atom. The lowest BCUT2D eigenvalue weighted by atomic mass is 9.89. The molecule has 1 N–H and O–H groups in total. The Kier molecular flexibility index (Phi) is 9.41. The van der Waals surface area contributed by atoms with Crippen LogP contribution in [-0.4, -0.2) is 34.9 Å². The molecule has 1 unspecified atom stereocenters. The van der Waals surface area contributed by atoms with Crippen LogP contribution in [0, 0.1) is 5.92 Å². The summed E-state index contributed by atoms with van der Waals surface area (Å²) in [6.07, 6.45) is 13.6. The molecule has 1 atom stereocenters. The minimum Gasteiger partial charge on any atom is -0.334 e. The Morgan fingerprint density at radius 3 is 2.50 bits per heavy atom. The summed E-state index contributed by atoms with van der Waals surface area (Å²) in [5, 5.41) is 3.48. The van der Waals surface area contributed by atoms with Crippen molar-refractivity contribution in [2.45, 2.75) is 76.8 Å². The number of halogens is 1. The molecule has 1 aromatic rings. The van der Waals surface area contributed by atoms with Crippen molar-refractivity contribution in [1.29, 1.82) is 0 Å². The third-order valence-electron chi connectivity index (χ3n) is 5.78. The van der Waals surface area contributed by atoms with Crippen LogP contribution >= 0.6 is 12.4 Å². The van der Waals surface area contributed by atoms with Gasteiger partial charge < -0.3 is 10.2 Å². The maximum Gasteiger partial charge on any atom is 0.226 e. The average Bonchev–Trinajstić information content (AvgIpc) is 2.89. The van der Waals surface area contributed by atoms with Gasteiger partial charge in [0, 0.05) is 18.2 Å². The molecule has 2 heterocycles. The molecule has 5 heteroatoms. The fraction of sp³-hybridized carbons (Fsp3) is 0.714. The fourth-order valence-corrected chi connectivity index (χ4v) is 4.30. The van der Waals surface area contributed by atoms with Crippen molar-refractivity contribution in [2.75, 3.05) is 13.1 Å². The number of aromatic nitrogens is 1. The van der Waals surface area contributed by atoms with Crippen LogP contribution in [0.2, 0.25) is 0 Å². The standard InChI is InChI=1S/C21H33N3O.ClH/c25-21(18-9-4-2-1-3-5-10-18)24(17-19-11-6-7-15-23-19)20-12-8-14-22-16-13-20;/h6-7,11,15,18,20,22H,1-5,8-10,12-14,16-17H2;1H. The van der Waals surface area contributed by atoms with E-state index in [-0.39, 0.29) is 18.3 Å². The Bertz CT molecular complexity index is 509. The smallest absolute Gasteiger partial charge is 0.226 e. The van der Waals surface area contributed by atoms with Gasteiger partial charge in [0.15, 0.2) is 0 Å². The topological polar surface area (TPSA) is 45.2 Å². The van der Waals surface area contributed by atoms with E-state index in [1.165, 1.54) is 32.1 Å². The summed E-state index contributed by atoms with van der Waals surface area (Å²) in [7, 11) is 0. The molecule has 1 saturated carbocycles. The predicted molar refractivity (Wildman–Crippen MR) is 108 cm³/mol. The van der Waals surface area contributed by atoms with Crippen LogP contribution in [0.4, 0.5) is 0 Å². The van der Waals surface area contributed by atoms with Gasteiger partial charge >= 0.3 is 0 Å². The molecule has 4 nitrogen and oxygen atoms in total. The number of carbonyl (C=O) groups excluding carboxylic acids is 1. The van der Waals surface area contributed by atoms with E-state index in [1.807, 2.05) is 24.4 Å². The van der Waals surface area contributed by atoms with E-state index in [0.29, 0.717) is 18.5 Å². The summed E-state index contributed by atoms with van der Waals surface area (Å²) in [6.45, 7) is 2.76. The zero-order valence-electron chi connectivity index (χ0n) is 15.9. The van der Waals surface area contributed by atoms with Crippen molar-refractivity contribution in [3.63, 3.8) is 0 Å². The zero-order valence-corrected chi connectivity index (χ0v) is 16.7. The Morgan fingerprint density at radius 1 is 1.00 bits per heavy atom. The molecule has 0 radical (unpaired) electrons. The molecule has 2 aliphatic rings. The molecule has 1 aliphatic heterocycles. The van der Waals surface area contributed by atoms with Gasteiger partial charge in [-0.25, -0.2) is 0 Å². The van der Waals surface area contributed by atoms with Crippen LogP contribution in [0.15, 0.2) is 24.4 Å². The summed E-state index contributed by atoms with van der Waals surface area (Å²) in [5.74, 6) is 0.611. The first-order valence-electron chi connectivity index (χ1n) is 10.3. The monoisotopic (exact) mass is 379 g/mol. The number of carbonyl (C=O) groups is 1. The highest BCUT2D eigenvalue weighted by molar-refractivity contribution is 5.85. The molecule has 0 bridgehead atoms. The molecule has 1 aliphatic carbocycles. The van der Waals surface area contributed by atoms with Crippen molar-refractivity contribution < 1.29 is 4.79 Å². The van der Waals surface area contributed by atoms with Crippen LogP contribution in [0.3, 0.4) is 0 Å². The Labute approximate surface area is 164 Å². The lowest BCUT2D eigenvalue weighted by molar-refractivity contribution is -0.139. The van der Waals surface area contributed by atoms with Crippen molar-refractivity contribution in [3.05, 3.63) is 30.1 Å². The number of pyridine rings is 1. The van der Waals surface area contributed by atoms with Crippen molar-refractivity contribution >= 4 is 18.3 Å². The molecule has 1 aromatic heterocycles. The van der Waals surface area contributed by atoms with Crippen LogP contribution in [-0.2, 0) is 11.3 Å². The molecule has 0 aromatic carbocycles. The lowest BCUT2D eigenvalue weighted by Crippen LogP contribution is -2.43. The zero-order chi connectivity index (χ0) is 17.3. The molecule has 146 valence electrons. The lowest BCUT2D eigenvalue weighted by Gasteiger charge is -2.34. The largest absolute Gasteiger partial charge is 0.334 e. The van der Waals surface area contributed by atoms with E-state index in [2.05, 4.69) is 15.2 Å². The molecular weight excluding hydrogens is 346 g/mol. The van der Waals surface area contributed by atoms with Gasteiger partial charge in [0.05, 0.1) is 12.2 Å². The van der Waals surface area contributed by atoms with E-state index in [1.54, 1.807) is 0 Å². The van der Waals surface area contributed by atoms with E-state index >= 15 is 0 Å². The predicted octanol–water partition coefficient (Wildman–Crippen LogP) is 4.33. The molecule has 1 saturated heterocycles. The molecule has 3 rings (SSSR count). The third kappa shape index (κ3) is 6.24. The first-order chi connectivity index (χ1) is 12.3. The van der Waals surface area contributed by atoms with E-state index in [0.717, 1.165) is 50.9 Å². The second-order valence-electron chi connectivity index (χ2n) is 7.66. The second kappa shape index (κ2) is 11.6. The van der Waals surface area contributed by atoms with Gasteiger partial charge in [-0.05, 0) is 57.3 Å². The molecule has 0 spiro atoms. The number of nitrogens with one attached hydrogen (secondary N) is 1. The first kappa shape index (κ1) is 21.2. The molecule has 26 heavy (non-hydrogen) atoms. The quantitative estimate of drug-likeness (QED) is 0.846. The SMILES string of the molecule is Cl.O=C(C1CCCCCCC1)N(Cc1ccccn1)C1CCCNCC1. The third-order valence-corrected chi connectivity index (χ3v) is 5.78. The van der Waals surface area contributed by atoms with E-state index in [9.17, 15) is 4.79 Å². The van der Waals surface area contributed by atoms with Gasteiger partial charge in [-0.15, -0.1) is 12.4 Å². The molecule has 1 amide bonds. The first-order valence-corrected chi connectivity index (χ1v) is 10.3. The number of amides is 1. The van der Waals surface area contributed by atoms with Crippen LogP contribution in [0.1, 0.15) is 69.9 Å². The van der Waals surface area contributed by atoms with E-state index < -0.39 is 0 Å². The normalized spacial score (nSPS) is 22.4. The van der Waals surface area contributed by atoms with Gasteiger partial charge in [0.2, 0.25) is 5.91 Å². The van der Waals surface area contributed by atoms with Crippen molar-refractivity contribution in [2.24, 2.45) is 5.92 Å². The summed E-state index contributed by atoms with van der Waals surface area (Å²) in [4.78, 5) is 20.1. The van der Waals surface area contributed by atoms with Crippen LogP contribution < -0.4 is 5.32 Å². The van der Waals surface area contributed by atoms with Crippen LogP contribution in [0.25, 0.3) is 0 Å². The maximum absolute atomic E-state index is 13.5. The number of rotatable bonds is 4. The maximum atomic E-state index is 13.5. The molecular formula is C21H34ClN3O. The number of nitrogens with zero attached hydrogens (tertiary/aromatic N) is 2. The highest BCUT2D eigenvalue weighted by Crippen LogP contribution is 2.27. The average molecular weight is 380 g/mol. The minimum absolute atomic E-state index is 0. The second-order valence-corrected chi connectivity index (χ2v) is 7.66. The summed E-state index contributed by atoms with van der Waals surface area (Å²) >= 11 is 0. The summed E-state index contributed by atoms with van der Waals surface area (Å²) in [6, 6.07) is 6.37. The Hall–Kier alpha value is -1.13. The highest BCUT2D eigenvalue weighted by Gasteiger charge is 2.30. The van der Waals surface area contributed by atoms with Gasteiger partial charge in [0.25, 0.3) is 0 Å². The number of hydrogen-bond acceptors (Lipinski definition) is 3. The summed E-state index contributed by atoms with van der Waals surface area (Å²) < 4.78 is 0. The van der Waals surface area contributed by atoms with Gasteiger partial charge in [0.1, 0.15) is 0 Å². The van der Waals surface area contributed by atoms with Gasteiger partial charge in [-0.2, -0.15) is 0 Å². The molecule has 2 fully saturated rings. The van der Waals surface area contributed by atoms with Gasteiger partial charge in [-0.1, -0.05) is 38.2 Å². The van der Waals surface area contributed by atoms with Gasteiger partial charge in [-0.3, -0.25) is 9.78 Å². The minimum atomic E-state index is 0. The number of hydrogen-bond donors (Lipinski definition) is 1.